The molecule has 0 bridgehead atoms. The molecular formula is C11H10N4O. The van der Waals surface area contributed by atoms with Crippen molar-refractivity contribution in [2.75, 3.05) is 11.5 Å². The van der Waals surface area contributed by atoms with Gasteiger partial charge in [0.05, 0.1) is 0 Å². The van der Waals surface area contributed by atoms with E-state index in [1.165, 1.54) is 12.4 Å². The van der Waals surface area contributed by atoms with E-state index in [9.17, 15) is 4.79 Å². The fourth-order valence-electron chi connectivity index (χ4n) is 1.25. The van der Waals surface area contributed by atoms with Gasteiger partial charge in [-0.2, -0.15) is 0 Å². The largest absolute Gasteiger partial charge is 0.384 e. The molecule has 2 rings (SSSR count). The van der Waals surface area contributed by atoms with Gasteiger partial charge < -0.3 is 11.5 Å². The van der Waals surface area contributed by atoms with E-state index in [4.69, 9.17) is 11.5 Å². The Hall–Kier alpha value is -2.43. The number of aromatic nitrogens is 2. The van der Waals surface area contributed by atoms with Crippen molar-refractivity contribution < 1.29 is 4.79 Å². The van der Waals surface area contributed by atoms with E-state index in [1.807, 2.05) is 0 Å². The van der Waals surface area contributed by atoms with Gasteiger partial charge >= 0.3 is 0 Å². The Morgan fingerprint density at radius 1 is 0.875 bits per heavy atom. The first-order chi connectivity index (χ1) is 7.66. The van der Waals surface area contributed by atoms with E-state index in [0.29, 0.717) is 22.8 Å². The highest BCUT2D eigenvalue weighted by Crippen LogP contribution is 2.10. The summed E-state index contributed by atoms with van der Waals surface area (Å²) in [6, 6.07) is 6.41. The van der Waals surface area contributed by atoms with Gasteiger partial charge in [0.25, 0.3) is 0 Å². The second kappa shape index (κ2) is 3.98. The van der Waals surface area contributed by atoms with Gasteiger partial charge in [-0.3, -0.25) is 4.79 Å². The molecular weight excluding hydrogens is 204 g/mol. The maximum atomic E-state index is 11.9. The third-order valence-electron chi connectivity index (χ3n) is 2.10. The van der Waals surface area contributed by atoms with Crippen LogP contribution in [-0.4, -0.2) is 15.8 Å². The highest BCUT2D eigenvalue weighted by molar-refractivity contribution is 6.08. The molecule has 5 nitrogen and oxygen atoms in total. The number of hydrogen-bond acceptors (Lipinski definition) is 5. The number of anilines is 2. The molecule has 0 atom stereocenters. The molecule has 0 fully saturated rings. The normalized spacial score (nSPS) is 10.0. The van der Waals surface area contributed by atoms with Crippen LogP contribution >= 0.6 is 0 Å². The molecule has 0 saturated carbocycles. The Balaban J connectivity index is 2.32. The van der Waals surface area contributed by atoms with Crippen molar-refractivity contribution in [3.05, 3.63) is 47.8 Å². The lowest BCUT2D eigenvalue weighted by atomic mass is 10.1. The number of ketones is 1. The molecule has 0 saturated heterocycles. The first-order valence-corrected chi connectivity index (χ1v) is 4.64. The number of rotatable bonds is 2. The predicted octanol–water partition coefficient (Wildman–Crippen LogP) is 0.872. The van der Waals surface area contributed by atoms with E-state index in [0.717, 1.165) is 0 Å². The highest BCUT2D eigenvalue weighted by atomic mass is 16.1. The first-order valence-electron chi connectivity index (χ1n) is 4.64. The number of hydrogen-bond donors (Lipinski definition) is 2. The molecule has 0 radical (unpaired) electrons. The minimum atomic E-state index is -0.153. The Bertz CT molecular complexity index is 457. The van der Waals surface area contributed by atoms with E-state index < -0.39 is 0 Å². The molecule has 0 unspecified atom stereocenters. The van der Waals surface area contributed by atoms with Crippen LogP contribution in [0.4, 0.5) is 11.6 Å². The summed E-state index contributed by atoms with van der Waals surface area (Å²) in [5.41, 5.74) is 11.8. The predicted molar refractivity (Wildman–Crippen MR) is 60.7 cm³/mol. The number of nitrogens with zero attached hydrogens (tertiary/aromatic N) is 2. The molecule has 4 N–H and O–H groups in total. The van der Waals surface area contributed by atoms with Crippen molar-refractivity contribution in [2.45, 2.75) is 0 Å². The van der Waals surface area contributed by atoms with Crippen molar-refractivity contribution in [3.63, 3.8) is 0 Å². The van der Waals surface area contributed by atoms with Gasteiger partial charge in [-0.05, 0) is 24.3 Å². The second-order valence-corrected chi connectivity index (χ2v) is 3.27. The number of nitrogens with two attached hydrogens (primary N) is 2. The summed E-state index contributed by atoms with van der Waals surface area (Å²) in [7, 11) is 0. The van der Waals surface area contributed by atoms with Crippen molar-refractivity contribution >= 4 is 17.4 Å². The molecule has 80 valence electrons. The molecule has 0 aliphatic carbocycles. The van der Waals surface area contributed by atoms with Crippen molar-refractivity contribution in [1.29, 1.82) is 0 Å². The molecule has 16 heavy (non-hydrogen) atoms. The molecule has 2 aromatic rings. The Kier molecular flexibility index (Phi) is 2.51. The maximum absolute atomic E-state index is 11.9. The van der Waals surface area contributed by atoms with Crippen LogP contribution in [0.3, 0.4) is 0 Å². The number of carbonyl (C=O) groups is 1. The molecule has 0 aromatic carbocycles. The van der Waals surface area contributed by atoms with Gasteiger partial charge in [0.15, 0.2) is 5.78 Å². The fourth-order valence-corrected chi connectivity index (χ4v) is 1.25. The van der Waals surface area contributed by atoms with Crippen LogP contribution < -0.4 is 11.5 Å². The summed E-state index contributed by atoms with van der Waals surface area (Å²) in [4.78, 5) is 19.6. The van der Waals surface area contributed by atoms with Crippen molar-refractivity contribution in [1.82, 2.24) is 9.97 Å². The van der Waals surface area contributed by atoms with Crippen LogP contribution in [0.2, 0.25) is 0 Å². The molecule has 2 aromatic heterocycles. The van der Waals surface area contributed by atoms with Crippen LogP contribution in [-0.2, 0) is 0 Å². The molecule has 0 aliphatic rings. The van der Waals surface area contributed by atoms with Crippen LogP contribution in [0.1, 0.15) is 15.9 Å². The van der Waals surface area contributed by atoms with E-state index in [2.05, 4.69) is 9.97 Å². The zero-order valence-corrected chi connectivity index (χ0v) is 8.42. The summed E-state index contributed by atoms with van der Waals surface area (Å²) in [6.07, 6.45) is 2.88. The molecule has 0 amide bonds. The topological polar surface area (TPSA) is 94.9 Å². The maximum Gasteiger partial charge on any atom is 0.196 e. The monoisotopic (exact) mass is 214 g/mol. The van der Waals surface area contributed by atoms with Gasteiger partial charge in [0, 0.05) is 23.5 Å². The molecule has 5 heteroatoms. The molecule has 0 aliphatic heterocycles. The number of carbonyl (C=O) groups excluding carboxylic acids is 1. The van der Waals surface area contributed by atoms with Crippen LogP contribution in [0.15, 0.2) is 36.7 Å². The summed E-state index contributed by atoms with van der Waals surface area (Å²) >= 11 is 0. The van der Waals surface area contributed by atoms with Crippen LogP contribution in [0.5, 0.6) is 0 Å². The minimum absolute atomic E-state index is 0.153. The smallest absolute Gasteiger partial charge is 0.196 e. The lowest BCUT2D eigenvalue weighted by Crippen LogP contribution is -2.03. The second-order valence-electron chi connectivity index (χ2n) is 3.27. The Morgan fingerprint density at radius 3 is 1.62 bits per heavy atom. The summed E-state index contributed by atoms with van der Waals surface area (Å²) in [6.45, 7) is 0. The van der Waals surface area contributed by atoms with Crippen LogP contribution in [0, 0.1) is 0 Å². The average Bonchev–Trinajstić information content (AvgIpc) is 2.30. The molecule has 2 heterocycles. The number of pyridine rings is 2. The average molecular weight is 214 g/mol. The van der Waals surface area contributed by atoms with Gasteiger partial charge in [0.2, 0.25) is 0 Å². The lowest BCUT2D eigenvalue weighted by molar-refractivity contribution is 0.103. The zero-order chi connectivity index (χ0) is 11.5. The Labute approximate surface area is 92.1 Å². The summed E-state index contributed by atoms with van der Waals surface area (Å²) < 4.78 is 0. The van der Waals surface area contributed by atoms with Gasteiger partial charge in [-0.1, -0.05) is 0 Å². The van der Waals surface area contributed by atoms with Crippen molar-refractivity contribution in [3.8, 4) is 0 Å². The van der Waals surface area contributed by atoms with Gasteiger partial charge in [0.1, 0.15) is 11.6 Å². The van der Waals surface area contributed by atoms with E-state index in [-0.39, 0.29) is 5.78 Å². The summed E-state index contributed by atoms with van der Waals surface area (Å²) in [5.74, 6) is 0.610. The minimum Gasteiger partial charge on any atom is -0.384 e. The number of nitrogen functional groups attached to an aromatic ring is 2. The Morgan fingerprint density at radius 2 is 1.31 bits per heavy atom. The first kappa shape index (κ1) is 10.1. The van der Waals surface area contributed by atoms with Gasteiger partial charge in [-0.25, -0.2) is 9.97 Å². The van der Waals surface area contributed by atoms with E-state index in [1.54, 1.807) is 24.3 Å². The summed E-state index contributed by atoms with van der Waals surface area (Å²) in [5, 5.41) is 0. The standard InChI is InChI=1S/C11H10N4O/c12-9-3-1-7(5-14-9)11(16)8-2-4-10(13)15-6-8/h1-6H,(H2,12,14)(H2,13,15). The third kappa shape index (κ3) is 1.98. The quantitative estimate of drug-likeness (QED) is 0.723. The highest BCUT2D eigenvalue weighted by Gasteiger charge is 2.09. The zero-order valence-electron chi connectivity index (χ0n) is 8.42. The van der Waals surface area contributed by atoms with Crippen molar-refractivity contribution in [2.24, 2.45) is 0 Å². The van der Waals surface area contributed by atoms with Gasteiger partial charge in [-0.15, -0.1) is 0 Å². The fraction of sp³-hybridized carbons (Fsp3) is 0. The lowest BCUT2D eigenvalue weighted by Gasteiger charge is -2.01. The van der Waals surface area contributed by atoms with Crippen LogP contribution in [0.25, 0.3) is 0 Å². The SMILES string of the molecule is Nc1ccc(C(=O)c2ccc(N)nc2)cn1. The van der Waals surface area contributed by atoms with E-state index >= 15 is 0 Å². The molecule has 0 spiro atoms. The third-order valence-corrected chi connectivity index (χ3v) is 2.10.